The quantitative estimate of drug-likeness (QED) is 0.308. The fraction of sp³-hybridized carbons (Fsp3) is 0.290. The van der Waals surface area contributed by atoms with Crippen LogP contribution in [0, 0.1) is 23.5 Å². The number of pyridine rings is 1. The summed E-state index contributed by atoms with van der Waals surface area (Å²) >= 11 is 0. The second kappa shape index (κ2) is 12.9. The number of nitrogens with two attached hydrogens (primary N) is 1. The molecule has 1 unspecified atom stereocenters. The van der Waals surface area contributed by atoms with Gasteiger partial charge in [-0.3, -0.25) is 14.6 Å². The van der Waals surface area contributed by atoms with Crippen molar-refractivity contribution in [3.05, 3.63) is 71.9 Å². The van der Waals surface area contributed by atoms with E-state index in [2.05, 4.69) is 37.5 Å². The Kier molecular flexibility index (Phi) is 8.96. The molecule has 1 fully saturated rings. The second-order valence-corrected chi connectivity index (χ2v) is 10.8. The average molecular weight is 619 g/mol. The second-order valence-electron chi connectivity index (χ2n) is 10.8. The van der Waals surface area contributed by atoms with E-state index in [1.807, 2.05) is 13.8 Å². The van der Waals surface area contributed by atoms with Crippen LogP contribution in [0.4, 0.5) is 30.8 Å². The summed E-state index contributed by atoms with van der Waals surface area (Å²) in [6, 6.07) is 9.28. The van der Waals surface area contributed by atoms with Gasteiger partial charge in [-0.25, -0.2) is 23.6 Å². The SMILES string of the molecule is CN1N=C(C(=O)Nc2ccc(Oc3ccnc(N)c3C#CC(C)(C)N3CCNCC3)c(F)c2)C(O)N(c2ccc(F)cc2)C1=O. The maximum atomic E-state index is 15.2. The van der Waals surface area contributed by atoms with Crippen LogP contribution in [0.1, 0.15) is 19.4 Å². The van der Waals surface area contributed by atoms with Gasteiger partial charge in [0.1, 0.15) is 22.9 Å². The number of ether oxygens (including phenoxy) is 1. The number of nitrogens with zero attached hydrogens (tertiary/aromatic N) is 5. The number of rotatable bonds is 6. The van der Waals surface area contributed by atoms with Crippen molar-refractivity contribution in [1.82, 2.24) is 20.2 Å². The van der Waals surface area contributed by atoms with Crippen LogP contribution >= 0.6 is 0 Å². The van der Waals surface area contributed by atoms with Crippen molar-refractivity contribution in [3.8, 4) is 23.3 Å². The summed E-state index contributed by atoms with van der Waals surface area (Å²) in [6.45, 7) is 7.44. The Hall–Kier alpha value is -5.10. The lowest BCUT2D eigenvalue weighted by molar-refractivity contribution is -0.110. The van der Waals surface area contributed by atoms with Gasteiger partial charge in [0.25, 0.3) is 5.91 Å². The predicted octanol–water partition coefficient (Wildman–Crippen LogP) is 2.95. The molecule has 3 heterocycles. The molecule has 2 aliphatic rings. The lowest BCUT2D eigenvalue weighted by Gasteiger charge is -2.37. The van der Waals surface area contributed by atoms with Gasteiger partial charge in [-0.15, -0.1) is 0 Å². The van der Waals surface area contributed by atoms with Crippen LogP contribution in [-0.4, -0.2) is 82.6 Å². The van der Waals surface area contributed by atoms with Crippen molar-refractivity contribution < 1.29 is 28.2 Å². The number of piperazine rings is 1. The van der Waals surface area contributed by atoms with Crippen molar-refractivity contribution in [2.75, 3.05) is 49.2 Å². The number of halogens is 2. The third-order valence-corrected chi connectivity index (χ3v) is 7.32. The smallest absolute Gasteiger partial charge is 0.347 e. The standard InChI is InChI=1S/C31H32F2N8O4/c1-31(2,40-16-14-35-15-17-40)12-10-22-24(11-13-36-27(22)34)45-25-9-6-20(18-23(25)33)37-28(42)26-29(43)41(30(44)39(3)38-26)21-7-4-19(32)5-8-21/h4-9,11,13,18,29,35,43H,14-17H2,1-3H3,(H2,34,36)(H,37,42). The highest BCUT2D eigenvalue weighted by atomic mass is 19.1. The Labute approximate surface area is 258 Å². The van der Waals surface area contributed by atoms with Gasteiger partial charge in [-0.1, -0.05) is 11.8 Å². The van der Waals surface area contributed by atoms with Gasteiger partial charge < -0.3 is 26.2 Å². The van der Waals surface area contributed by atoms with Crippen molar-refractivity contribution in [2.45, 2.75) is 25.6 Å². The third-order valence-electron chi connectivity index (χ3n) is 7.32. The molecule has 0 spiro atoms. The number of hydrogen-bond donors (Lipinski definition) is 4. The van der Waals surface area contributed by atoms with Gasteiger partial charge in [0.2, 0.25) is 0 Å². The number of benzene rings is 2. The molecule has 14 heteroatoms. The summed E-state index contributed by atoms with van der Waals surface area (Å²) in [7, 11) is 1.29. The van der Waals surface area contributed by atoms with Crippen molar-refractivity contribution >= 4 is 34.8 Å². The molecule has 0 bridgehead atoms. The Morgan fingerprint density at radius 3 is 2.53 bits per heavy atom. The fourth-order valence-corrected chi connectivity index (χ4v) is 4.82. The summed E-state index contributed by atoms with van der Waals surface area (Å²) in [5.41, 5.74) is 5.70. The molecule has 234 valence electrons. The monoisotopic (exact) mass is 618 g/mol. The molecule has 1 atom stereocenters. The van der Waals surface area contributed by atoms with Gasteiger partial charge in [-0.05, 0) is 50.2 Å². The number of hydrazone groups is 1. The van der Waals surface area contributed by atoms with Crippen LogP contribution in [0.25, 0.3) is 0 Å². The topological polar surface area (TPSA) is 149 Å². The van der Waals surface area contributed by atoms with Crippen LogP contribution in [-0.2, 0) is 4.79 Å². The number of carbonyl (C=O) groups is 2. The minimum Gasteiger partial charge on any atom is -0.453 e. The highest BCUT2D eigenvalue weighted by molar-refractivity contribution is 6.46. The number of aliphatic hydroxyl groups is 1. The zero-order valence-corrected chi connectivity index (χ0v) is 24.8. The van der Waals surface area contributed by atoms with Crippen LogP contribution < -0.4 is 26.0 Å². The number of amides is 3. The maximum Gasteiger partial charge on any atom is 0.347 e. The largest absolute Gasteiger partial charge is 0.453 e. The summed E-state index contributed by atoms with van der Waals surface area (Å²) in [5, 5.41) is 21.4. The molecule has 12 nitrogen and oxygen atoms in total. The van der Waals surface area contributed by atoms with E-state index in [0.717, 1.165) is 54.3 Å². The normalized spacial score (nSPS) is 17.3. The molecule has 3 aromatic rings. The number of nitrogen functional groups attached to an aromatic ring is 1. The molecule has 5 N–H and O–H groups in total. The highest BCUT2D eigenvalue weighted by Crippen LogP contribution is 2.31. The van der Waals surface area contributed by atoms with E-state index in [-0.39, 0.29) is 28.7 Å². The number of anilines is 3. The van der Waals surface area contributed by atoms with E-state index < -0.39 is 41.1 Å². The summed E-state index contributed by atoms with van der Waals surface area (Å²) in [6.07, 6.45) is -0.364. The maximum absolute atomic E-state index is 15.2. The van der Waals surface area contributed by atoms with Gasteiger partial charge in [0.15, 0.2) is 23.5 Å². The molecule has 0 saturated carbocycles. The highest BCUT2D eigenvalue weighted by Gasteiger charge is 2.38. The number of hydrogen-bond acceptors (Lipinski definition) is 9. The molecule has 45 heavy (non-hydrogen) atoms. The zero-order chi connectivity index (χ0) is 32.3. The van der Waals surface area contributed by atoms with Gasteiger partial charge >= 0.3 is 6.03 Å². The number of urea groups is 1. The Balaban J connectivity index is 1.32. The van der Waals surface area contributed by atoms with E-state index in [0.29, 0.717) is 5.56 Å². The lowest BCUT2D eigenvalue weighted by Crippen LogP contribution is -2.56. The van der Waals surface area contributed by atoms with Crippen LogP contribution in [0.2, 0.25) is 0 Å². The van der Waals surface area contributed by atoms with E-state index in [1.165, 1.54) is 43.6 Å². The first kappa shape index (κ1) is 31.3. The predicted molar refractivity (Wildman–Crippen MR) is 165 cm³/mol. The zero-order valence-electron chi connectivity index (χ0n) is 24.8. The first-order chi connectivity index (χ1) is 21.4. The lowest BCUT2D eigenvalue weighted by atomic mass is 10.0. The molecule has 2 aliphatic heterocycles. The number of aromatic nitrogens is 1. The molecule has 5 rings (SSSR count). The molecular formula is C31H32F2N8O4. The Bertz CT molecular complexity index is 1700. The average Bonchev–Trinajstić information content (AvgIpc) is 3.01. The van der Waals surface area contributed by atoms with Gasteiger partial charge in [0.05, 0.1) is 5.54 Å². The molecule has 1 saturated heterocycles. The summed E-state index contributed by atoms with van der Waals surface area (Å²) in [5.74, 6) is 4.24. The first-order valence-electron chi connectivity index (χ1n) is 14.1. The van der Waals surface area contributed by atoms with Crippen molar-refractivity contribution in [3.63, 3.8) is 0 Å². The van der Waals surface area contributed by atoms with Crippen LogP contribution in [0.3, 0.4) is 0 Å². The molecule has 0 radical (unpaired) electrons. The van der Waals surface area contributed by atoms with E-state index in [9.17, 15) is 19.1 Å². The minimum atomic E-state index is -1.79. The summed E-state index contributed by atoms with van der Waals surface area (Å²) < 4.78 is 34.5. The van der Waals surface area contributed by atoms with E-state index in [1.54, 1.807) is 0 Å². The van der Waals surface area contributed by atoms with Crippen LogP contribution in [0.15, 0.2) is 59.8 Å². The number of aliphatic hydroxyl groups excluding tert-OH is 1. The van der Waals surface area contributed by atoms with Crippen molar-refractivity contribution in [1.29, 1.82) is 0 Å². The fourth-order valence-electron chi connectivity index (χ4n) is 4.82. The molecule has 0 aliphatic carbocycles. The Morgan fingerprint density at radius 1 is 1.13 bits per heavy atom. The molecule has 1 aromatic heterocycles. The van der Waals surface area contributed by atoms with E-state index in [4.69, 9.17) is 10.5 Å². The molecule has 2 aromatic carbocycles. The van der Waals surface area contributed by atoms with Gasteiger partial charge in [0, 0.05) is 62.9 Å². The van der Waals surface area contributed by atoms with Gasteiger partial charge in [-0.2, -0.15) is 5.10 Å². The number of nitrogens with one attached hydrogen (secondary N) is 2. The van der Waals surface area contributed by atoms with Crippen molar-refractivity contribution in [2.24, 2.45) is 5.10 Å². The molecular weight excluding hydrogens is 586 g/mol. The number of carbonyl (C=O) groups excluding carboxylic acids is 2. The minimum absolute atomic E-state index is 0.0275. The Morgan fingerprint density at radius 2 is 1.84 bits per heavy atom. The first-order valence-corrected chi connectivity index (χ1v) is 14.1. The molecule has 3 amide bonds. The van der Waals surface area contributed by atoms with E-state index >= 15 is 4.39 Å². The van der Waals surface area contributed by atoms with Crippen LogP contribution in [0.5, 0.6) is 11.5 Å². The third kappa shape index (κ3) is 6.86. The summed E-state index contributed by atoms with van der Waals surface area (Å²) in [4.78, 5) is 33.0.